The second-order valence-corrected chi connectivity index (χ2v) is 12.9. The van der Waals surface area contributed by atoms with E-state index in [1.54, 1.807) is 0 Å². The molecule has 3 rings (SSSR count). The molecule has 0 saturated carbocycles. The third-order valence-corrected chi connectivity index (χ3v) is 7.94. The highest BCUT2D eigenvalue weighted by atomic mass is 16.6. The van der Waals surface area contributed by atoms with Crippen molar-refractivity contribution in [1.29, 1.82) is 0 Å². The third kappa shape index (κ3) is 5.86. The van der Waals surface area contributed by atoms with Crippen LogP contribution in [0.5, 0.6) is 5.75 Å². The van der Waals surface area contributed by atoms with Crippen molar-refractivity contribution in [1.82, 2.24) is 0 Å². The fourth-order valence-electron chi connectivity index (χ4n) is 5.59. The van der Waals surface area contributed by atoms with Crippen molar-refractivity contribution in [3.63, 3.8) is 0 Å². The summed E-state index contributed by atoms with van der Waals surface area (Å²) in [5.74, 6) is 9.39. The molecule has 0 amide bonds. The monoisotopic (exact) mass is 513 g/mol. The zero-order valence-electron chi connectivity index (χ0n) is 26.0. The smallest absolute Gasteiger partial charge is 0.162 e. The maximum absolute atomic E-state index is 6.19. The van der Waals surface area contributed by atoms with Gasteiger partial charge in [-0.25, -0.2) is 0 Å². The van der Waals surface area contributed by atoms with E-state index in [-0.39, 0.29) is 0 Å². The first-order chi connectivity index (χ1) is 17.8. The van der Waals surface area contributed by atoms with Gasteiger partial charge in [-0.3, -0.25) is 0 Å². The van der Waals surface area contributed by atoms with E-state index in [0.717, 1.165) is 16.9 Å². The van der Waals surface area contributed by atoms with Gasteiger partial charge < -0.3 is 4.84 Å². The maximum Gasteiger partial charge on any atom is 0.162 e. The fraction of sp³-hybridized carbons (Fsp3) is 0.500. The molecule has 38 heavy (non-hydrogen) atoms. The fourth-order valence-corrected chi connectivity index (χ4v) is 5.59. The molecule has 0 spiro atoms. The molecule has 0 atom stereocenters. The van der Waals surface area contributed by atoms with Crippen molar-refractivity contribution in [3.8, 4) is 28.0 Å². The summed E-state index contributed by atoms with van der Waals surface area (Å²) in [6, 6.07) is 16.2. The molecule has 0 aromatic heterocycles. The minimum absolute atomic E-state index is 0.373. The van der Waals surface area contributed by atoms with Crippen LogP contribution in [0, 0.1) is 0 Å². The van der Waals surface area contributed by atoms with E-state index in [0.29, 0.717) is 35.5 Å². The number of nitrogens with two attached hydrogens (primary N) is 1. The molecule has 0 fully saturated rings. The Labute approximate surface area is 233 Å². The van der Waals surface area contributed by atoms with Gasteiger partial charge in [0, 0.05) is 11.1 Å². The van der Waals surface area contributed by atoms with Crippen LogP contribution in [0.1, 0.15) is 152 Å². The molecule has 3 aromatic rings. The lowest BCUT2D eigenvalue weighted by Gasteiger charge is -2.27. The molecule has 0 unspecified atom stereocenters. The number of hydrogen-bond acceptors (Lipinski definition) is 2. The van der Waals surface area contributed by atoms with Gasteiger partial charge in [-0.15, -0.1) is 0 Å². The largest absolute Gasteiger partial charge is 0.410 e. The van der Waals surface area contributed by atoms with Gasteiger partial charge in [-0.1, -0.05) is 126 Å². The van der Waals surface area contributed by atoms with Crippen molar-refractivity contribution in [2.75, 3.05) is 0 Å². The molecular weight excluding hydrogens is 462 g/mol. The van der Waals surface area contributed by atoms with E-state index < -0.39 is 0 Å². The molecule has 3 aromatic carbocycles. The Balaban J connectivity index is 2.49. The second kappa shape index (κ2) is 12.1. The molecule has 0 heterocycles. The molecule has 0 aliphatic carbocycles. The summed E-state index contributed by atoms with van der Waals surface area (Å²) in [6.07, 6.45) is 0. The number of rotatable bonds is 9. The standard InChI is InChI=1S/C36H51NO/c1-20(2)26-16-30(22(5)6)34(31(17-26)23(7)8)28-14-13-15-29(36(28)38-37)35-32(24(9)10)18-27(21(3)4)19-33(35)25(11)12/h13-25H,37H2,1-12H3. The zero-order chi connectivity index (χ0) is 28.5. The lowest BCUT2D eigenvalue weighted by Crippen LogP contribution is -2.10. The van der Waals surface area contributed by atoms with Crippen LogP contribution in [0.2, 0.25) is 0 Å². The SMILES string of the molecule is CC(C)c1cc(C(C)C)c(-c2cccc(-c3c(C(C)C)cc(C(C)C)cc3C(C)C)c2ON)c(C(C)C)c1. The highest BCUT2D eigenvalue weighted by Gasteiger charge is 2.26. The van der Waals surface area contributed by atoms with Crippen LogP contribution in [0.3, 0.4) is 0 Å². The Kier molecular flexibility index (Phi) is 9.52. The minimum Gasteiger partial charge on any atom is -0.410 e. The molecule has 0 saturated heterocycles. The summed E-state index contributed by atoms with van der Waals surface area (Å²) >= 11 is 0. The van der Waals surface area contributed by atoms with Crippen molar-refractivity contribution in [3.05, 3.63) is 75.8 Å². The summed E-state index contributed by atoms with van der Waals surface area (Å²) in [4.78, 5) is 5.88. The molecule has 206 valence electrons. The van der Waals surface area contributed by atoms with Gasteiger partial charge in [0.2, 0.25) is 0 Å². The molecule has 0 bridgehead atoms. The van der Waals surface area contributed by atoms with Gasteiger partial charge in [-0.2, -0.15) is 5.90 Å². The first-order valence-corrected chi connectivity index (χ1v) is 14.7. The van der Waals surface area contributed by atoms with Crippen molar-refractivity contribution in [2.24, 2.45) is 5.90 Å². The van der Waals surface area contributed by atoms with Crippen LogP contribution in [-0.4, -0.2) is 0 Å². The van der Waals surface area contributed by atoms with Gasteiger partial charge >= 0.3 is 0 Å². The molecule has 2 nitrogen and oxygen atoms in total. The van der Waals surface area contributed by atoms with Crippen LogP contribution in [0.4, 0.5) is 0 Å². The highest BCUT2D eigenvalue weighted by molar-refractivity contribution is 5.88. The molecular formula is C36H51NO. The maximum atomic E-state index is 6.19. The Hall–Kier alpha value is -2.58. The molecule has 2 N–H and O–H groups in total. The number of benzene rings is 3. The summed E-state index contributed by atoms with van der Waals surface area (Å²) in [5, 5.41) is 0. The third-order valence-electron chi connectivity index (χ3n) is 7.94. The summed E-state index contributed by atoms with van der Waals surface area (Å²) in [6.45, 7) is 27.4. The Morgan fingerprint density at radius 3 is 0.974 bits per heavy atom. The lowest BCUT2D eigenvalue weighted by molar-refractivity contribution is 0.337. The average molecular weight is 514 g/mol. The van der Waals surface area contributed by atoms with E-state index in [4.69, 9.17) is 10.7 Å². The minimum atomic E-state index is 0.373. The van der Waals surface area contributed by atoms with E-state index in [1.807, 2.05) is 0 Å². The van der Waals surface area contributed by atoms with E-state index in [1.165, 1.54) is 44.5 Å². The van der Waals surface area contributed by atoms with Crippen LogP contribution in [0.25, 0.3) is 22.3 Å². The van der Waals surface area contributed by atoms with E-state index >= 15 is 0 Å². The van der Waals surface area contributed by atoms with Crippen molar-refractivity contribution in [2.45, 2.75) is 119 Å². The highest BCUT2D eigenvalue weighted by Crippen LogP contribution is 2.48. The zero-order valence-corrected chi connectivity index (χ0v) is 26.0. The summed E-state index contributed by atoms with van der Waals surface area (Å²) in [7, 11) is 0. The van der Waals surface area contributed by atoms with Crippen LogP contribution in [0.15, 0.2) is 42.5 Å². The topological polar surface area (TPSA) is 35.2 Å². The summed E-state index contributed by atoms with van der Waals surface area (Å²) in [5.41, 5.74) is 12.9. The Bertz CT molecular complexity index is 1110. The quantitative estimate of drug-likeness (QED) is 0.289. The number of para-hydroxylation sites is 1. The lowest BCUT2D eigenvalue weighted by atomic mass is 9.79. The molecule has 0 aliphatic rings. The van der Waals surface area contributed by atoms with E-state index in [9.17, 15) is 0 Å². The van der Waals surface area contributed by atoms with Crippen LogP contribution >= 0.6 is 0 Å². The average Bonchev–Trinajstić information content (AvgIpc) is 2.86. The van der Waals surface area contributed by atoms with Gasteiger partial charge in [0.25, 0.3) is 0 Å². The van der Waals surface area contributed by atoms with Gasteiger partial charge in [-0.05, 0) is 80.0 Å². The predicted octanol–water partition coefficient (Wildman–Crippen LogP) is 11.0. The van der Waals surface area contributed by atoms with Gasteiger partial charge in [0.1, 0.15) is 0 Å². The first-order valence-electron chi connectivity index (χ1n) is 14.7. The molecule has 0 radical (unpaired) electrons. The van der Waals surface area contributed by atoms with Crippen LogP contribution in [-0.2, 0) is 0 Å². The van der Waals surface area contributed by atoms with Gasteiger partial charge in [0.05, 0.1) is 0 Å². The molecule has 2 heteroatoms. The predicted molar refractivity (Wildman–Crippen MR) is 167 cm³/mol. The Morgan fingerprint density at radius 1 is 0.474 bits per heavy atom. The van der Waals surface area contributed by atoms with Crippen LogP contribution < -0.4 is 10.7 Å². The summed E-state index contributed by atoms with van der Waals surface area (Å²) < 4.78 is 0. The molecule has 0 aliphatic heterocycles. The van der Waals surface area contributed by atoms with Crippen molar-refractivity contribution < 1.29 is 4.84 Å². The van der Waals surface area contributed by atoms with Crippen molar-refractivity contribution >= 4 is 0 Å². The van der Waals surface area contributed by atoms with Gasteiger partial charge in [0.15, 0.2) is 5.75 Å². The second-order valence-electron chi connectivity index (χ2n) is 12.9. The number of hydrogen-bond donors (Lipinski definition) is 1. The first kappa shape index (κ1) is 30.0. The normalized spacial score (nSPS) is 12.2. The van der Waals surface area contributed by atoms with E-state index in [2.05, 4.69) is 126 Å². The Morgan fingerprint density at radius 2 is 0.763 bits per heavy atom.